The van der Waals surface area contributed by atoms with Crippen molar-refractivity contribution in [2.24, 2.45) is 11.7 Å². The Balaban J connectivity index is 1.69. The van der Waals surface area contributed by atoms with E-state index in [9.17, 15) is 4.79 Å². The first kappa shape index (κ1) is 12.8. The lowest BCUT2D eigenvalue weighted by molar-refractivity contribution is -0.119. The monoisotopic (exact) mass is 239 g/mol. The molecule has 0 aromatic heterocycles. The lowest BCUT2D eigenvalue weighted by Gasteiger charge is -2.36. The number of piperidine rings is 1. The number of nitrogens with one attached hydrogen (secondary N) is 1. The number of nitrogens with zero attached hydrogens (tertiary/aromatic N) is 1. The molecule has 1 saturated carbocycles. The van der Waals surface area contributed by atoms with Crippen molar-refractivity contribution in [1.29, 1.82) is 0 Å². The van der Waals surface area contributed by atoms with Crippen molar-refractivity contribution in [1.82, 2.24) is 10.2 Å². The first-order valence-corrected chi connectivity index (χ1v) is 6.89. The maximum Gasteiger partial charge on any atom is 0.216 e. The molecule has 2 aliphatic rings. The zero-order valence-electron chi connectivity index (χ0n) is 10.8. The van der Waals surface area contributed by atoms with Gasteiger partial charge in [0.05, 0.1) is 0 Å². The highest BCUT2D eigenvalue weighted by molar-refractivity contribution is 5.72. The molecule has 4 heteroatoms. The van der Waals surface area contributed by atoms with Gasteiger partial charge < -0.3 is 16.0 Å². The van der Waals surface area contributed by atoms with Gasteiger partial charge in [-0.2, -0.15) is 0 Å². The molecule has 17 heavy (non-hydrogen) atoms. The maximum absolute atomic E-state index is 10.9. The molecule has 0 aromatic rings. The zero-order valence-corrected chi connectivity index (χ0v) is 10.8. The Morgan fingerprint density at radius 2 is 2.00 bits per heavy atom. The topological polar surface area (TPSA) is 58.4 Å². The third kappa shape index (κ3) is 3.68. The van der Waals surface area contributed by atoms with E-state index in [2.05, 4.69) is 10.2 Å². The van der Waals surface area contributed by atoms with Crippen LogP contribution in [0.5, 0.6) is 0 Å². The Bertz CT molecular complexity index is 261. The summed E-state index contributed by atoms with van der Waals surface area (Å²) in [5.41, 5.74) is 5.97. The zero-order chi connectivity index (χ0) is 12.3. The summed E-state index contributed by atoms with van der Waals surface area (Å²) in [6, 6.07) is 1.16. The molecule has 98 valence electrons. The Morgan fingerprint density at radius 3 is 2.53 bits per heavy atom. The van der Waals surface area contributed by atoms with Crippen molar-refractivity contribution in [2.75, 3.05) is 19.6 Å². The summed E-state index contributed by atoms with van der Waals surface area (Å²) in [6.45, 7) is 4.81. The van der Waals surface area contributed by atoms with Gasteiger partial charge in [-0.3, -0.25) is 4.79 Å². The molecule has 1 saturated heterocycles. The number of likely N-dealkylation sites (tertiary alicyclic amines) is 1. The van der Waals surface area contributed by atoms with Crippen LogP contribution in [0.2, 0.25) is 0 Å². The van der Waals surface area contributed by atoms with Crippen LogP contribution < -0.4 is 11.1 Å². The minimum atomic E-state index is 0.0918. The number of carbonyl (C=O) groups is 1. The van der Waals surface area contributed by atoms with Gasteiger partial charge in [0, 0.05) is 25.6 Å². The first-order valence-electron chi connectivity index (χ1n) is 6.89. The minimum absolute atomic E-state index is 0.0918. The predicted molar refractivity (Wildman–Crippen MR) is 68.6 cm³/mol. The number of nitrogens with two attached hydrogens (primary N) is 1. The van der Waals surface area contributed by atoms with Crippen LogP contribution in [0.3, 0.4) is 0 Å². The second-order valence-electron chi connectivity index (χ2n) is 5.64. The van der Waals surface area contributed by atoms with Crippen molar-refractivity contribution in [3.05, 3.63) is 0 Å². The highest BCUT2D eigenvalue weighted by Crippen LogP contribution is 2.27. The Kier molecular flexibility index (Phi) is 4.40. The van der Waals surface area contributed by atoms with Crippen molar-refractivity contribution in [3.63, 3.8) is 0 Å². The van der Waals surface area contributed by atoms with Crippen molar-refractivity contribution >= 4 is 5.91 Å². The normalized spacial score (nSPS) is 31.6. The second kappa shape index (κ2) is 5.83. The average molecular weight is 239 g/mol. The second-order valence-corrected chi connectivity index (χ2v) is 5.64. The summed E-state index contributed by atoms with van der Waals surface area (Å²) in [5, 5.41) is 2.93. The van der Waals surface area contributed by atoms with E-state index in [1.54, 1.807) is 6.92 Å². The average Bonchev–Trinajstić information content (AvgIpc) is 2.74. The lowest BCUT2D eigenvalue weighted by Crippen LogP contribution is -2.43. The molecule has 2 unspecified atom stereocenters. The number of hydrogen-bond donors (Lipinski definition) is 2. The molecule has 1 heterocycles. The molecule has 0 bridgehead atoms. The molecule has 2 fully saturated rings. The highest BCUT2D eigenvalue weighted by Gasteiger charge is 2.29. The smallest absolute Gasteiger partial charge is 0.216 e. The van der Waals surface area contributed by atoms with Gasteiger partial charge in [-0.25, -0.2) is 0 Å². The van der Waals surface area contributed by atoms with Crippen LogP contribution in [0.15, 0.2) is 0 Å². The number of amides is 1. The largest absolute Gasteiger partial charge is 0.356 e. The van der Waals surface area contributed by atoms with E-state index in [-0.39, 0.29) is 5.91 Å². The Hall–Kier alpha value is -0.610. The van der Waals surface area contributed by atoms with E-state index in [1.165, 1.54) is 45.2 Å². The van der Waals surface area contributed by atoms with Crippen LogP contribution in [0, 0.1) is 5.92 Å². The van der Waals surface area contributed by atoms with Crippen molar-refractivity contribution in [3.8, 4) is 0 Å². The summed E-state index contributed by atoms with van der Waals surface area (Å²) in [6.07, 6.45) is 6.07. The fourth-order valence-electron chi connectivity index (χ4n) is 3.13. The molecule has 2 rings (SSSR count). The molecular formula is C13H25N3O. The van der Waals surface area contributed by atoms with Gasteiger partial charge in [0.25, 0.3) is 0 Å². The summed E-state index contributed by atoms with van der Waals surface area (Å²) in [5.74, 6) is 0.763. The van der Waals surface area contributed by atoms with Gasteiger partial charge in [0.15, 0.2) is 0 Å². The van der Waals surface area contributed by atoms with Gasteiger partial charge in [-0.15, -0.1) is 0 Å². The van der Waals surface area contributed by atoms with Crippen LogP contribution in [0.1, 0.15) is 39.0 Å². The molecule has 0 spiro atoms. The molecule has 1 aliphatic carbocycles. The predicted octanol–water partition coefficient (Wildman–Crippen LogP) is 0.714. The van der Waals surface area contributed by atoms with Gasteiger partial charge >= 0.3 is 0 Å². The van der Waals surface area contributed by atoms with E-state index >= 15 is 0 Å². The lowest BCUT2D eigenvalue weighted by atomic mass is 9.95. The van der Waals surface area contributed by atoms with Crippen LogP contribution in [-0.4, -0.2) is 42.5 Å². The van der Waals surface area contributed by atoms with Crippen LogP contribution in [0.4, 0.5) is 0 Å². The van der Waals surface area contributed by atoms with Gasteiger partial charge in [-0.05, 0) is 51.1 Å². The third-order valence-corrected chi connectivity index (χ3v) is 4.25. The summed E-state index contributed by atoms with van der Waals surface area (Å²) < 4.78 is 0. The SMILES string of the molecule is CC(=O)NCC1CCN(C2CCC(N)C2)CC1. The van der Waals surface area contributed by atoms with E-state index in [0.717, 1.165) is 12.6 Å². The molecule has 0 radical (unpaired) electrons. The Labute approximate surface area is 104 Å². The highest BCUT2D eigenvalue weighted by atomic mass is 16.1. The quantitative estimate of drug-likeness (QED) is 0.763. The summed E-state index contributed by atoms with van der Waals surface area (Å²) >= 11 is 0. The summed E-state index contributed by atoms with van der Waals surface area (Å²) in [4.78, 5) is 13.5. The standard InChI is InChI=1S/C13H25N3O/c1-10(17)15-9-11-4-6-16(7-5-11)13-3-2-12(14)8-13/h11-13H,2-9,14H2,1H3,(H,15,17). The number of rotatable bonds is 3. The first-order chi connectivity index (χ1) is 8.15. The van der Waals surface area contributed by atoms with Gasteiger partial charge in [-0.1, -0.05) is 0 Å². The van der Waals surface area contributed by atoms with E-state index in [4.69, 9.17) is 5.73 Å². The van der Waals surface area contributed by atoms with Crippen molar-refractivity contribution in [2.45, 2.75) is 51.1 Å². The Morgan fingerprint density at radius 1 is 1.29 bits per heavy atom. The molecule has 1 amide bonds. The van der Waals surface area contributed by atoms with Gasteiger partial charge in [0.2, 0.25) is 5.91 Å². The molecule has 2 atom stereocenters. The van der Waals surface area contributed by atoms with Crippen LogP contribution in [0.25, 0.3) is 0 Å². The fourth-order valence-corrected chi connectivity index (χ4v) is 3.13. The third-order valence-electron chi connectivity index (χ3n) is 4.25. The van der Waals surface area contributed by atoms with Crippen LogP contribution in [-0.2, 0) is 4.79 Å². The van der Waals surface area contributed by atoms with Crippen molar-refractivity contribution < 1.29 is 4.79 Å². The number of hydrogen-bond acceptors (Lipinski definition) is 3. The van der Waals surface area contributed by atoms with E-state index in [1.807, 2.05) is 0 Å². The van der Waals surface area contributed by atoms with E-state index < -0.39 is 0 Å². The minimum Gasteiger partial charge on any atom is -0.356 e. The summed E-state index contributed by atoms with van der Waals surface area (Å²) in [7, 11) is 0. The van der Waals surface area contributed by atoms with E-state index in [0.29, 0.717) is 12.0 Å². The van der Waals surface area contributed by atoms with Gasteiger partial charge in [0.1, 0.15) is 0 Å². The molecule has 1 aliphatic heterocycles. The molecule has 4 nitrogen and oxygen atoms in total. The maximum atomic E-state index is 10.9. The molecule has 0 aromatic carbocycles. The van der Waals surface area contributed by atoms with Crippen LogP contribution >= 0.6 is 0 Å². The molecular weight excluding hydrogens is 214 g/mol. The molecule has 3 N–H and O–H groups in total. The fraction of sp³-hybridized carbons (Fsp3) is 0.923. The number of carbonyl (C=O) groups excluding carboxylic acids is 1.